The first kappa shape index (κ1) is 28.4. The van der Waals surface area contributed by atoms with Crippen LogP contribution in [0, 0.1) is 0 Å². The summed E-state index contributed by atoms with van der Waals surface area (Å²) in [5.41, 5.74) is 6.84. The van der Waals surface area contributed by atoms with E-state index >= 15 is 8.78 Å². The van der Waals surface area contributed by atoms with Gasteiger partial charge in [0, 0.05) is 41.6 Å². The summed E-state index contributed by atoms with van der Waals surface area (Å²) in [4.78, 5) is 2.09. The molecule has 7 heteroatoms. The second-order valence-electron chi connectivity index (χ2n) is 12.8. The van der Waals surface area contributed by atoms with E-state index in [2.05, 4.69) is 44.2 Å². The zero-order chi connectivity index (χ0) is 32.2. The minimum Gasteiger partial charge on any atom is -0.497 e. The number of fused-ring (bicyclic) bond motifs is 9. The summed E-state index contributed by atoms with van der Waals surface area (Å²) in [6.07, 6.45) is 1.11. The van der Waals surface area contributed by atoms with Crippen LogP contribution in [0.2, 0.25) is 0 Å². The van der Waals surface area contributed by atoms with E-state index in [-0.39, 0.29) is 5.41 Å². The Morgan fingerprint density at radius 1 is 0.717 bits per heavy atom. The maximum absolute atomic E-state index is 15.4. The smallest absolute Gasteiger partial charge is 0.413 e. The van der Waals surface area contributed by atoms with Crippen LogP contribution in [0.3, 0.4) is 0 Å². The molecule has 5 nitrogen and oxygen atoms in total. The van der Waals surface area contributed by atoms with Crippen molar-refractivity contribution < 1.29 is 23.0 Å². The van der Waals surface area contributed by atoms with E-state index in [0.29, 0.717) is 17.1 Å². The lowest BCUT2D eigenvalue weighted by Crippen LogP contribution is -2.46. The van der Waals surface area contributed by atoms with Crippen molar-refractivity contribution in [3.63, 3.8) is 0 Å². The lowest BCUT2D eigenvalue weighted by molar-refractivity contribution is 0.0122. The molecular formula is C39H34F2N2O3. The third-order valence-electron chi connectivity index (χ3n) is 10.2. The van der Waals surface area contributed by atoms with Crippen molar-refractivity contribution in [2.24, 2.45) is 0 Å². The summed E-state index contributed by atoms with van der Waals surface area (Å²) in [6.45, 7) is 4.46. The van der Waals surface area contributed by atoms with Crippen LogP contribution in [0.1, 0.15) is 41.7 Å². The monoisotopic (exact) mass is 616 g/mol. The molecular weight excluding hydrogens is 582 g/mol. The Morgan fingerprint density at radius 2 is 1.26 bits per heavy atom. The van der Waals surface area contributed by atoms with Crippen LogP contribution >= 0.6 is 0 Å². The van der Waals surface area contributed by atoms with Crippen molar-refractivity contribution in [3.05, 3.63) is 119 Å². The van der Waals surface area contributed by atoms with Gasteiger partial charge in [-0.05, 0) is 70.1 Å². The Morgan fingerprint density at radius 3 is 1.83 bits per heavy atom. The molecule has 0 fully saturated rings. The highest BCUT2D eigenvalue weighted by Crippen LogP contribution is 2.60. The number of hydrogen-bond donors (Lipinski definition) is 0. The van der Waals surface area contributed by atoms with Gasteiger partial charge in [0.05, 0.1) is 25.6 Å². The molecule has 46 heavy (non-hydrogen) atoms. The summed E-state index contributed by atoms with van der Waals surface area (Å²) in [6, 6.07) is 27.9. The van der Waals surface area contributed by atoms with E-state index < -0.39 is 11.8 Å². The van der Waals surface area contributed by atoms with E-state index in [1.165, 1.54) is 19.7 Å². The van der Waals surface area contributed by atoms with Gasteiger partial charge in [-0.15, -0.1) is 0 Å². The van der Waals surface area contributed by atoms with Gasteiger partial charge < -0.3 is 14.2 Å². The number of halogens is 2. The van der Waals surface area contributed by atoms with Gasteiger partial charge in [-0.1, -0.05) is 68.5 Å². The lowest BCUT2D eigenvalue weighted by Gasteiger charge is -2.38. The molecule has 5 aromatic rings. The Hall–Kier alpha value is -5.04. The third-order valence-corrected chi connectivity index (χ3v) is 10.2. The van der Waals surface area contributed by atoms with E-state index in [1.54, 1.807) is 14.2 Å². The molecule has 1 aliphatic carbocycles. The summed E-state index contributed by atoms with van der Waals surface area (Å²) in [5, 5.41) is 1.67. The van der Waals surface area contributed by atoms with Crippen molar-refractivity contribution in [1.29, 1.82) is 0 Å². The molecule has 0 spiro atoms. The largest absolute Gasteiger partial charge is 0.497 e. The number of ether oxygens (including phenoxy) is 3. The molecule has 0 unspecified atom stereocenters. The van der Waals surface area contributed by atoms with Gasteiger partial charge in [-0.2, -0.15) is 8.78 Å². The van der Waals surface area contributed by atoms with Gasteiger partial charge in [-0.25, -0.2) is 0 Å². The Balaban J connectivity index is 1.46. The minimum absolute atomic E-state index is 0.357. The highest BCUT2D eigenvalue weighted by Gasteiger charge is 2.49. The first-order chi connectivity index (χ1) is 22.0. The zero-order valence-corrected chi connectivity index (χ0v) is 26.6. The zero-order valence-electron chi connectivity index (χ0n) is 26.6. The molecule has 2 aliphatic heterocycles. The van der Waals surface area contributed by atoms with Crippen LogP contribution < -0.4 is 24.0 Å². The van der Waals surface area contributed by atoms with E-state index in [9.17, 15) is 0 Å². The van der Waals surface area contributed by atoms with Gasteiger partial charge in [0.1, 0.15) is 17.2 Å². The second kappa shape index (κ2) is 9.49. The second-order valence-corrected chi connectivity index (χ2v) is 12.8. The maximum Gasteiger partial charge on any atom is 0.413 e. The molecule has 232 valence electrons. The molecule has 8 rings (SSSR count). The summed E-state index contributed by atoms with van der Waals surface area (Å²) in [7, 11) is 6.17. The molecule has 0 amide bonds. The first-order valence-electron chi connectivity index (χ1n) is 15.3. The number of alkyl halides is 2. The molecule has 0 saturated heterocycles. The number of hydrogen-bond acceptors (Lipinski definition) is 5. The van der Waals surface area contributed by atoms with Gasteiger partial charge in [0.15, 0.2) is 5.60 Å². The fourth-order valence-corrected chi connectivity index (χ4v) is 7.68. The van der Waals surface area contributed by atoms with Gasteiger partial charge in [0.25, 0.3) is 0 Å². The van der Waals surface area contributed by atoms with Crippen molar-refractivity contribution >= 4 is 28.2 Å². The standard InChI is InChI=1S/C39H34F2N2O3/c1-37(2)31-10-8-7-9-27(31)34-29-21-32-33(43(4)39(40,41)42(32)3)22-30(29)36-28(35(34)37)19-20-38(46-36,23-11-15-25(44-5)16-12-23)24-13-17-26(45-6)18-14-24/h7-22H,1-6H3. The average molecular weight is 617 g/mol. The topological polar surface area (TPSA) is 34.2 Å². The quantitative estimate of drug-likeness (QED) is 0.188. The van der Waals surface area contributed by atoms with Crippen molar-refractivity contribution in [1.82, 2.24) is 0 Å². The van der Waals surface area contributed by atoms with Gasteiger partial charge >= 0.3 is 6.17 Å². The van der Waals surface area contributed by atoms with Crippen LogP contribution in [-0.2, 0) is 11.0 Å². The minimum atomic E-state index is -3.17. The van der Waals surface area contributed by atoms with Crippen LogP contribution in [0.15, 0.2) is 91.0 Å². The molecule has 0 N–H and O–H groups in total. The highest BCUT2D eigenvalue weighted by atomic mass is 19.3. The molecule has 5 aromatic carbocycles. The van der Waals surface area contributed by atoms with Crippen LogP contribution in [-0.4, -0.2) is 34.5 Å². The Kier molecular flexibility index (Phi) is 5.86. The molecule has 0 atom stereocenters. The maximum atomic E-state index is 15.4. The lowest BCUT2D eigenvalue weighted by atomic mass is 9.76. The van der Waals surface area contributed by atoms with Crippen LogP contribution in [0.4, 0.5) is 20.2 Å². The summed E-state index contributed by atoms with van der Waals surface area (Å²) >= 11 is 0. The van der Waals surface area contributed by atoms with Crippen molar-refractivity contribution in [2.75, 3.05) is 38.1 Å². The predicted molar refractivity (Wildman–Crippen MR) is 180 cm³/mol. The predicted octanol–water partition coefficient (Wildman–Crippen LogP) is 8.95. The van der Waals surface area contributed by atoms with Crippen molar-refractivity contribution in [2.45, 2.75) is 31.0 Å². The summed E-state index contributed by atoms with van der Waals surface area (Å²) in [5.74, 6) is 2.14. The van der Waals surface area contributed by atoms with Gasteiger partial charge in [0.2, 0.25) is 0 Å². The van der Waals surface area contributed by atoms with Gasteiger partial charge in [-0.3, -0.25) is 9.80 Å². The number of rotatable bonds is 4. The molecule has 0 radical (unpaired) electrons. The third kappa shape index (κ3) is 3.60. The van der Waals surface area contributed by atoms with Crippen LogP contribution in [0.5, 0.6) is 17.2 Å². The van der Waals surface area contributed by atoms with E-state index in [0.717, 1.165) is 65.5 Å². The normalized spacial score (nSPS) is 17.7. The molecule has 0 aromatic heterocycles. The molecule has 0 saturated carbocycles. The molecule has 0 bridgehead atoms. The Bertz CT molecular complexity index is 2040. The molecule has 3 aliphatic rings. The molecule has 2 heterocycles. The Labute approximate surface area is 267 Å². The summed E-state index contributed by atoms with van der Waals surface area (Å²) < 4.78 is 49.2. The van der Waals surface area contributed by atoms with Crippen molar-refractivity contribution in [3.8, 4) is 28.4 Å². The SMILES string of the molecule is COc1ccc(C2(c3ccc(OC)cc3)C=Cc3c4c(c5cc6c(cc5c3O2)N(C)C(F)(F)N6C)-c2ccccc2C4(C)C)cc1. The number of benzene rings is 5. The fraction of sp³-hybridized carbons (Fsp3) is 0.231. The average Bonchev–Trinajstić information content (AvgIpc) is 3.42. The number of anilines is 2. The number of methoxy groups -OCH3 is 2. The number of nitrogens with zero attached hydrogens (tertiary/aromatic N) is 2. The van der Waals surface area contributed by atoms with E-state index in [1.807, 2.05) is 66.7 Å². The first-order valence-corrected chi connectivity index (χ1v) is 15.3. The van der Waals surface area contributed by atoms with Crippen LogP contribution in [0.25, 0.3) is 28.0 Å². The fourth-order valence-electron chi connectivity index (χ4n) is 7.68. The van der Waals surface area contributed by atoms with E-state index in [4.69, 9.17) is 14.2 Å². The highest BCUT2D eigenvalue weighted by molar-refractivity contribution is 6.11.